The topological polar surface area (TPSA) is 111 Å². The Morgan fingerprint density at radius 3 is 1.21 bits per heavy atom. The summed E-state index contributed by atoms with van der Waals surface area (Å²) in [4.78, 5) is 32.9. The molecule has 6 nitrogen and oxygen atoms in total. The Morgan fingerprint density at radius 1 is 0.542 bits per heavy atom. The highest BCUT2D eigenvalue weighted by Gasteiger charge is 2.02. The number of hydrogen-bond donors (Lipinski definition) is 2. The van der Waals surface area contributed by atoms with E-state index in [9.17, 15) is 9.59 Å². The fourth-order valence-electron chi connectivity index (χ4n) is 2.11. The fraction of sp³-hybridized carbons (Fsp3) is 0. The Bertz CT molecular complexity index is 1000. The molecule has 4 N–H and O–H groups in total. The molecule has 0 saturated carbocycles. The summed E-state index contributed by atoms with van der Waals surface area (Å²) in [5, 5.41) is 0.00759. The van der Waals surface area contributed by atoms with E-state index in [-0.39, 0.29) is 21.6 Å². The monoisotopic (exact) mass is 318 g/mol. The second-order valence-electron chi connectivity index (χ2n) is 5.17. The molecule has 0 unspecified atom stereocenters. The highest BCUT2D eigenvalue weighted by molar-refractivity contribution is 5.48. The van der Waals surface area contributed by atoms with Crippen molar-refractivity contribution in [3.63, 3.8) is 0 Å². The van der Waals surface area contributed by atoms with Gasteiger partial charge < -0.3 is 11.5 Å². The van der Waals surface area contributed by atoms with Gasteiger partial charge in [0.15, 0.2) is 0 Å². The second kappa shape index (κ2) is 6.29. The lowest BCUT2D eigenvalue weighted by Gasteiger charge is -1.96. The van der Waals surface area contributed by atoms with Crippen LogP contribution in [0.2, 0.25) is 0 Å². The Balaban J connectivity index is 2.29. The van der Waals surface area contributed by atoms with Gasteiger partial charge in [-0.05, 0) is 60.7 Å². The minimum Gasteiger partial charge on any atom is -0.399 e. The summed E-state index contributed by atoms with van der Waals surface area (Å²) in [6, 6.07) is 15.7. The second-order valence-corrected chi connectivity index (χ2v) is 5.17. The van der Waals surface area contributed by atoms with Crippen LogP contribution in [0.5, 0.6) is 0 Å². The summed E-state index contributed by atoms with van der Waals surface area (Å²) >= 11 is 0. The van der Waals surface area contributed by atoms with Crippen molar-refractivity contribution >= 4 is 22.7 Å². The third-order valence-corrected chi connectivity index (χ3v) is 3.35. The molecule has 0 aliphatic carbocycles. The van der Waals surface area contributed by atoms with Crippen molar-refractivity contribution in [2.24, 2.45) is 9.98 Å². The van der Waals surface area contributed by atoms with Gasteiger partial charge in [-0.15, -0.1) is 0 Å². The highest BCUT2D eigenvalue weighted by Crippen LogP contribution is 2.13. The first-order chi connectivity index (χ1) is 11.5. The molecule has 0 saturated heterocycles. The van der Waals surface area contributed by atoms with Crippen molar-refractivity contribution in [2.45, 2.75) is 0 Å². The number of nitrogens with two attached hydrogens (primary N) is 2. The van der Waals surface area contributed by atoms with Crippen LogP contribution in [0, 0.1) is 0 Å². The van der Waals surface area contributed by atoms with Crippen molar-refractivity contribution < 1.29 is 0 Å². The lowest BCUT2D eigenvalue weighted by Crippen LogP contribution is -2.47. The summed E-state index contributed by atoms with van der Waals surface area (Å²) in [6.07, 6.45) is 0. The summed E-state index contributed by atoms with van der Waals surface area (Å²) in [6.45, 7) is 0. The molecule has 0 heterocycles. The smallest absolute Gasteiger partial charge is 0.206 e. The van der Waals surface area contributed by atoms with Crippen molar-refractivity contribution in [1.29, 1.82) is 0 Å². The molecule has 0 radical (unpaired) electrons. The van der Waals surface area contributed by atoms with Gasteiger partial charge in [-0.2, -0.15) is 0 Å². The van der Waals surface area contributed by atoms with Crippen LogP contribution < -0.4 is 33.0 Å². The van der Waals surface area contributed by atoms with Crippen LogP contribution in [0.4, 0.5) is 22.7 Å². The van der Waals surface area contributed by atoms with Crippen LogP contribution in [-0.2, 0) is 0 Å². The number of nitrogen functional groups attached to an aromatic ring is 2. The normalized spacial score (nSPS) is 12.5. The molecule has 0 aliphatic rings. The Hall–Kier alpha value is -3.54. The molecule has 0 bridgehead atoms. The van der Waals surface area contributed by atoms with E-state index in [0.717, 1.165) is 0 Å². The zero-order valence-electron chi connectivity index (χ0n) is 12.6. The number of benzene rings is 3. The molecular formula is C18H14N4O2. The minimum atomic E-state index is -0.374. The van der Waals surface area contributed by atoms with Gasteiger partial charge in [-0.3, -0.25) is 9.59 Å². The first kappa shape index (κ1) is 15.4. The van der Waals surface area contributed by atoms with Crippen LogP contribution in [0.25, 0.3) is 0 Å². The van der Waals surface area contributed by atoms with Gasteiger partial charge >= 0.3 is 0 Å². The molecule has 6 heteroatoms. The van der Waals surface area contributed by atoms with Crippen molar-refractivity contribution in [2.75, 3.05) is 11.5 Å². The van der Waals surface area contributed by atoms with Crippen molar-refractivity contribution in [3.05, 3.63) is 91.8 Å². The van der Waals surface area contributed by atoms with E-state index in [0.29, 0.717) is 22.7 Å². The third-order valence-electron chi connectivity index (χ3n) is 3.35. The number of anilines is 2. The van der Waals surface area contributed by atoms with Crippen molar-refractivity contribution in [3.8, 4) is 0 Å². The summed E-state index contributed by atoms with van der Waals surface area (Å²) in [7, 11) is 0. The Kier molecular flexibility index (Phi) is 4.03. The Labute approximate surface area is 136 Å². The zero-order chi connectivity index (χ0) is 17.1. The van der Waals surface area contributed by atoms with Gasteiger partial charge in [0.1, 0.15) is 10.7 Å². The summed E-state index contributed by atoms with van der Waals surface area (Å²) in [5.74, 6) is 0. The predicted octanol–water partition coefficient (Wildman–Crippen LogP) is 0.912. The first-order valence-electron chi connectivity index (χ1n) is 7.18. The van der Waals surface area contributed by atoms with Gasteiger partial charge in [0.2, 0.25) is 10.9 Å². The highest BCUT2D eigenvalue weighted by atomic mass is 16.1. The molecule has 0 fully saturated rings. The molecule has 0 aromatic heterocycles. The van der Waals surface area contributed by atoms with E-state index in [1.165, 1.54) is 12.1 Å². The van der Waals surface area contributed by atoms with Gasteiger partial charge in [0.25, 0.3) is 0 Å². The molecule has 0 atom stereocenters. The first-order valence-corrected chi connectivity index (χ1v) is 7.18. The van der Waals surface area contributed by atoms with Crippen LogP contribution in [0.3, 0.4) is 0 Å². The maximum atomic E-state index is 12.2. The largest absolute Gasteiger partial charge is 0.399 e. The molecule has 24 heavy (non-hydrogen) atoms. The predicted molar refractivity (Wildman–Crippen MR) is 93.5 cm³/mol. The summed E-state index contributed by atoms with van der Waals surface area (Å²) < 4.78 is 0. The van der Waals surface area contributed by atoms with Gasteiger partial charge in [0.05, 0.1) is 11.4 Å². The minimum absolute atomic E-state index is 0.00379. The average molecular weight is 318 g/mol. The maximum absolute atomic E-state index is 12.2. The summed E-state index contributed by atoms with van der Waals surface area (Å²) in [5.41, 5.74) is 12.7. The van der Waals surface area contributed by atoms with Crippen LogP contribution >= 0.6 is 0 Å². The van der Waals surface area contributed by atoms with Crippen LogP contribution in [0.15, 0.2) is 80.2 Å². The standard InChI is InChI=1S/C18H14N4O2/c19-11-1-5-13(6-2-11)21-17-15(23)9-10-16(24)18(17)22-14-7-3-12(20)4-8-14/h1-10H,19-20H2. The molecule has 3 aromatic rings. The van der Waals surface area contributed by atoms with Crippen LogP contribution in [-0.4, -0.2) is 0 Å². The molecule has 3 aromatic carbocycles. The lowest BCUT2D eigenvalue weighted by atomic mass is 10.2. The molecule has 0 amide bonds. The molecular weight excluding hydrogens is 304 g/mol. The van der Waals surface area contributed by atoms with Gasteiger partial charge in [-0.25, -0.2) is 9.98 Å². The van der Waals surface area contributed by atoms with Gasteiger partial charge in [-0.1, -0.05) is 0 Å². The average Bonchev–Trinajstić information content (AvgIpc) is 2.58. The van der Waals surface area contributed by atoms with E-state index < -0.39 is 0 Å². The third kappa shape index (κ3) is 3.27. The van der Waals surface area contributed by atoms with Gasteiger partial charge in [0, 0.05) is 11.4 Å². The van der Waals surface area contributed by atoms with E-state index >= 15 is 0 Å². The van der Waals surface area contributed by atoms with E-state index in [2.05, 4.69) is 9.98 Å². The van der Waals surface area contributed by atoms with E-state index in [1.54, 1.807) is 48.5 Å². The van der Waals surface area contributed by atoms with Crippen LogP contribution in [0.1, 0.15) is 0 Å². The number of nitrogens with zero attached hydrogens (tertiary/aromatic N) is 2. The Morgan fingerprint density at radius 2 is 0.875 bits per heavy atom. The fourth-order valence-corrected chi connectivity index (χ4v) is 2.11. The molecule has 0 spiro atoms. The molecule has 118 valence electrons. The zero-order valence-corrected chi connectivity index (χ0v) is 12.6. The quantitative estimate of drug-likeness (QED) is 0.684. The molecule has 3 rings (SSSR count). The number of rotatable bonds is 2. The lowest BCUT2D eigenvalue weighted by molar-refractivity contribution is 1.16. The SMILES string of the molecule is Nc1ccc(N=c2c(=O)ccc(=O)c2=Nc2ccc(N)cc2)cc1. The van der Waals surface area contributed by atoms with E-state index in [4.69, 9.17) is 11.5 Å². The number of hydrogen-bond acceptors (Lipinski definition) is 6. The van der Waals surface area contributed by atoms with Crippen molar-refractivity contribution in [1.82, 2.24) is 0 Å². The maximum Gasteiger partial charge on any atom is 0.206 e. The van der Waals surface area contributed by atoms with E-state index in [1.807, 2.05) is 0 Å². The molecule has 0 aliphatic heterocycles.